The number of rotatable bonds is 5. The topological polar surface area (TPSA) is 46.5 Å². The zero-order valence-corrected chi connectivity index (χ0v) is 13.9. The standard InChI is InChI=1S/C20H16O3S/c1-23-17-8-4-5-9-19(17)24-18-12-10-14(11-13-20(21)22)15-6-2-3-7-16(15)18/h2-13H,1H3,(H,21,22)/b13-11+. The molecule has 3 rings (SSSR count). The maximum absolute atomic E-state index is 10.8. The Balaban J connectivity index is 2.07. The maximum atomic E-state index is 10.8. The molecule has 3 aromatic rings. The minimum absolute atomic E-state index is 0.835. The quantitative estimate of drug-likeness (QED) is 0.659. The third-order valence-corrected chi connectivity index (χ3v) is 4.75. The van der Waals surface area contributed by atoms with Gasteiger partial charge in [0.25, 0.3) is 0 Å². The number of aliphatic carboxylic acids is 1. The number of methoxy groups -OCH3 is 1. The molecular weight excluding hydrogens is 320 g/mol. The summed E-state index contributed by atoms with van der Waals surface area (Å²) in [6.45, 7) is 0. The molecule has 4 heteroatoms. The van der Waals surface area contributed by atoms with Gasteiger partial charge in [0, 0.05) is 11.0 Å². The highest BCUT2D eigenvalue weighted by atomic mass is 32.2. The van der Waals surface area contributed by atoms with Gasteiger partial charge in [0.05, 0.1) is 12.0 Å². The van der Waals surface area contributed by atoms with Crippen LogP contribution in [0.2, 0.25) is 0 Å². The molecule has 0 unspecified atom stereocenters. The van der Waals surface area contributed by atoms with E-state index in [0.29, 0.717) is 0 Å². The lowest BCUT2D eigenvalue weighted by atomic mass is 10.0. The summed E-state index contributed by atoms with van der Waals surface area (Å²) in [5.74, 6) is -0.118. The van der Waals surface area contributed by atoms with Crippen molar-refractivity contribution in [3.8, 4) is 5.75 Å². The van der Waals surface area contributed by atoms with E-state index >= 15 is 0 Å². The average Bonchev–Trinajstić information content (AvgIpc) is 2.61. The molecule has 0 aliphatic heterocycles. The number of ether oxygens (including phenoxy) is 1. The van der Waals surface area contributed by atoms with Gasteiger partial charge in [0.1, 0.15) is 5.75 Å². The number of benzene rings is 3. The number of para-hydroxylation sites is 1. The van der Waals surface area contributed by atoms with Crippen LogP contribution in [0.25, 0.3) is 16.8 Å². The van der Waals surface area contributed by atoms with Crippen LogP contribution in [-0.4, -0.2) is 18.2 Å². The average molecular weight is 336 g/mol. The van der Waals surface area contributed by atoms with Gasteiger partial charge in [-0.15, -0.1) is 0 Å². The van der Waals surface area contributed by atoms with Crippen molar-refractivity contribution < 1.29 is 14.6 Å². The van der Waals surface area contributed by atoms with Crippen LogP contribution in [-0.2, 0) is 4.79 Å². The van der Waals surface area contributed by atoms with Crippen molar-refractivity contribution in [1.82, 2.24) is 0 Å². The molecule has 0 aliphatic rings. The lowest BCUT2D eigenvalue weighted by Crippen LogP contribution is -1.88. The van der Waals surface area contributed by atoms with E-state index in [9.17, 15) is 4.79 Å². The Morgan fingerprint density at radius 1 is 0.958 bits per heavy atom. The van der Waals surface area contributed by atoms with Crippen molar-refractivity contribution in [3.05, 3.63) is 72.3 Å². The van der Waals surface area contributed by atoms with Crippen molar-refractivity contribution in [3.63, 3.8) is 0 Å². The Bertz CT molecular complexity index is 916. The van der Waals surface area contributed by atoms with Crippen molar-refractivity contribution in [1.29, 1.82) is 0 Å². The van der Waals surface area contributed by atoms with Crippen LogP contribution in [0.5, 0.6) is 5.75 Å². The second kappa shape index (κ2) is 7.23. The fraction of sp³-hybridized carbons (Fsp3) is 0.0500. The van der Waals surface area contributed by atoms with Crippen molar-refractivity contribution in [2.75, 3.05) is 7.11 Å². The van der Waals surface area contributed by atoms with Crippen LogP contribution in [0.4, 0.5) is 0 Å². The van der Waals surface area contributed by atoms with Gasteiger partial charge in [-0.1, -0.05) is 54.2 Å². The van der Waals surface area contributed by atoms with Gasteiger partial charge in [-0.2, -0.15) is 0 Å². The third kappa shape index (κ3) is 3.44. The molecule has 1 N–H and O–H groups in total. The van der Waals surface area contributed by atoms with E-state index in [1.54, 1.807) is 24.9 Å². The highest BCUT2D eigenvalue weighted by Crippen LogP contribution is 2.39. The Kier molecular flexibility index (Phi) is 4.87. The molecule has 0 atom stereocenters. The monoisotopic (exact) mass is 336 g/mol. The Morgan fingerprint density at radius 2 is 1.67 bits per heavy atom. The number of fused-ring (bicyclic) bond motifs is 1. The SMILES string of the molecule is COc1ccccc1Sc1ccc(/C=C/C(=O)O)c2ccccc12. The predicted octanol–water partition coefficient (Wildman–Crippen LogP) is 5.10. The maximum Gasteiger partial charge on any atom is 0.328 e. The minimum atomic E-state index is -0.952. The summed E-state index contributed by atoms with van der Waals surface area (Å²) in [4.78, 5) is 12.9. The molecule has 3 aromatic carbocycles. The Morgan fingerprint density at radius 3 is 2.42 bits per heavy atom. The van der Waals surface area contributed by atoms with Gasteiger partial charge in [0.15, 0.2) is 0 Å². The second-order valence-corrected chi connectivity index (χ2v) is 6.21. The molecule has 0 amide bonds. The predicted molar refractivity (Wildman–Crippen MR) is 97.7 cm³/mol. The molecule has 24 heavy (non-hydrogen) atoms. The first kappa shape index (κ1) is 16.1. The van der Waals surface area contributed by atoms with Gasteiger partial charge < -0.3 is 9.84 Å². The highest BCUT2D eigenvalue weighted by molar-refractivity contribution is 7.99. The van der Waals surface area contributed by atoms with Gasteiger partial charge in [0.2, 0.25) is 0 Å². The summed E-state index contributed by atoms with van der Waals surface area (Å²) in [5, 5.41) is 11.0. The van der Waals surface area contributed by atoms with Crippen LogP contribution < -0.4 is 4.74 Å². The normalized spacial score (nSPS) is 11.0. The number of carboxylic acid groups (broad SMARTS) is 1. The number of hydrogen-bond acceptors (Lipinski definition) is 3. The molecule has 0 fully saturated rings. The molecule has 0 saturated carbocycles. The van der Waals surface area contributed by atoms with E-state index in [2.05, 4.69) is 0 Å². The van der Waals surface area contributed by atoms with Gasteiger partial charge in [-0.3, -0.25) is 0 Å². The van der Waals surface area contributed by atoms with Gasteiger partial charge in [-0.05, 0) is 40.6 Å². The molecule has 0 spiro atoms. The van der Waals surface area contributed by atoms with Crippen LogP contribution in [0.3, 0.4) is 0 Å². The third-order valence-electron chi connectivity index (χ3n) is 3.61. The largest absolute Gasteiger partial charge is 0.496 e. The Labute approximate surface area is 144 Å². The van der Waals surface area contributed by atoms with Crippen LogP contribution in [0.1, 0.15) is 5.56 Å². The molecule has 0 radical (unpaired) electrons. The molecule has 3 nitrogen and oxygen atoms in total. The van der Waals surface area contributed by atoms with E-state index in [1.165, 1.54) is 0 Å². The molecule has 0 aromatic heterocycles. The first-order chi connectivity index (χ1) is 11.7. The summed E-state index contributed by atoms with van der Waals surface area (Å²) in [6.07, 6.45) is 2.79. The first-order valence-corrected chi connectivity index (χ1v) is 8.24. The van der Waals surface area contributed by atoms with Crippen LogP contribution >= 0.6 is 11.8 Å². The van der Waals surface area contributed by atoms with Crippen LogP contribution in [0.15, 0.2) is 76.5 Å². The minimum Gasteiger partial charge on any atom is -0.496 e. The van der Waals surface area contributed by atoms with E-state index in [1.807, 2.05) is 60.7 Å². The Hall–Kier alpha value is -2.72. The van der Waals surface area contributed by atoms with Crippen molar-refractivity contribution in [2.45, 2.75) is 9.79 Å². The molecule has 0 saturated heterocycles. The molecule has 0 bridgehead atoms. The summed E-state index contributed by atoms with van der Waals surface area (Å²) in [6, 6.07) is 19.8. The molecule has 0 heterocycles. The van der Waals surface area contributed by atoms with Gasteiger partial charge >= 0.3 is 5.97 Å². The lowest BCUT2D eigenvalue weighted by Gasteiger charge is -2.11. The highest BCUT2D eigenvalue weighted by Gasteiger charge is 2.09. The summed E-state index contributed by atoms with van der Waals surface area (Å²) < 4.78 is 5.42. The second-order valence-electron chi connectivity index (χ2n) is 5.12. The van der Waals surface area contributed by atoms with Crippen molar-refractivity contribution >= 4 is 34.6 Å². The zero-order valence-electron chi connectivity index (χ0n) is 13.1. The molecule has 120 valence electrons. The number of carboxylic acids is 1. The fourth-order valence-electron chi connectivity index (χ4n) is 2.51. The van der Waals surface area contributed by atoms with E-state index in [0.717, 1.165) is 38.0 Å². The van der Waals surface area contributed by atoms with Crippen LogP contribution in [0, 0.1) is 0 Å². The molecular formula is C20H16O3S. The van der Waals surface area contributed by atoms with E-state index in [-0.39, 0.29) is 0 Å². The summed E-state index contributed by atoms with van der Waals surface area (Å²) >= 11 is 1.64. The first-order valence-electron chi connectivity index (χ1n) is 7.42. The number of hydrogen-bond donors (Lipinski definition) is 1. The zero-order chi connectivity index (χ0) is 16.9. The fourth-order valence-corrected chi connectivity index (χ4v) is 3.57. The summed E-state index contributed by atoms with van der Waals surface area (Å²) in [5.41, 5.74) is 0.886. The van der Waals surface area contributed by atoms with E-state index in [4.69, 9.17) is 9.84 Å². The molecule has 0 aliphatic carbocycles. The summed E-state index contributed by atoms with van der Waals surface area (Å²) in [7, 11) is 1.66. The number of carbonyl (C=O) groups is 1. The smallest absolute Gasteiger partial charge is 0.328 e. The van der Waals surface area contributed by atoms with Crippen molar-refractivity contribution in [2.24, 2.45) is 0 Å². The van der Waals surface area contributed by atoms with E-state index < -0.39 is 5.97 Å². The lowest BCUT2D eigenvalue weighted by molar-refractivity contribution is -0.131. The van der Waals surface area contributed by atoms with Gasteiger partial charge in [-0.25, -0.2) is 4.79 Å².